The monoisotopic (exact) mass is 217 g/mol. The van der Waals surface area contributed by atoms with Gasteiger partial charge in [0, 0.05) is 12.8 Å². The van der Waals surface area contributed by atoms with Crippen molar-refractivity contribution < 1.29 is 9.53 Å². The molecule has 0 bridgehead atoms. The van der Waals surface area contributed by atoms with Crippen LogP contribution in [0, 0.1) is 17.2 Å². The second-order valence-corrected chi connectivity index (χ2v) is 3.59. The molecule has 1 aliphatic rings. The standard InChI is InChI=1S/C11H11N3O2/c12-5-8-1-2-10(13-6-8)14-11(15)9-3-4-16-7-9/h1-2,6,9H,3-4,7H2,(H,13,14,15). The van der Waals surface area contributed by atoms with Crippen molar-refractivity contribution >= 4 is 11.7 Å². The van der Waals surface area contributed by atoms with Gasteiger partial charge in [0.1, 0.15) is 11.9 Å². The number of ether oxygens (including phenoxy) is 1. The van der Waals surface area contributed by atoms with Gasteiger partial charge in [0.05, 0.1) is 18.1 Å². The van der Waals surface area contributed by atoms with Crippen molar-refractivity contribution in [1.29, 1.82) is 5.26 Å². The maximum Gasteiger partial charge on any atom is 0.231 e. The van der Waals surface area contributed by atoms with E-state index in [1.807, 2.05) is 6.07 Å². The van der Waals surface area contributed by atoms with Crippen LogP contribution in [0.4, 0.5) is 5.82 Å². The van der Waals surface area contributed by atoms with E-state index in [4.69, 9.17) is 10.00 Å². The van der Waals surface area contributed by atoms with E-state index in [2.05, 4.69) is 10.3 Å². The molecule has 1 saturated heterocycles. The van der Waals surface area contributed by atoms with E-state index >= 15 is 0 Å². The lowest BCUT2D eigenvalue weighted by Crippen LogP contribution is -2.23. The van der Waals surface area contributed by atoms with Crippen molar-refractivity contribution in [2.75, 3.05) is 18.5 Å². The Hall–Kier alpha value is -1.93. The third-order valence-electron chi connectivity index (χ3n) is 2.44. The summed E-state index contributed by atoms with van der Waals surface area (Å²) in [6, 6.07) is 5.20. The van der Waals surface area contributed by atoms with Crippen LogP contribution in [-0.4, -0.2) is 24.1 Å². The number of rotatable bonds is 2. The zero-order valence-corrected chi connectivity index (χ0v) is 8.64. The molecule has 1 fully saturated rings. The Bertz CT molecular complexity index is 416. The Morgan fingerprint density at radius 3 is 3.06 bits per heavy atom. The number of nitrogens with zero attached hydrogens (tertiary/aromatic N) is 2. The number of hydrogen-bond acceptors (Lipinski definition) is 4. The van der Waals surface area contributed by atoms with E-state index in [0.29, 0.717) is 24.6 Å². The molecule has 1 aromatic heterocycles. The van der Waals surface area contributed by atoms with E-state index < -0.39 is 0 Å². The molecule has 0 aliphatic carbocycles. The Balaban J connectivity index is 1.98. The molecule has 1 amide bonds. The molecule has 5 nitrogen and oxygen atoms in total. The van der Waals surface area contributed by atoms with Crippen LogP contribution in [0.15, 0.2) is 18.3 Å². The van der Waals surface area contributed by atoms with E-state index in [1.165, 1.54) is 6.20 Å². The number of anilines is 1. The van der Waals surface area contributed by atoms with Gasteiger partial charge >= 0.3 is 0 Å². The molecule has 1 unspecified atom stereocenters. The number of nitrogens with one attached hydrogen (secondary N) is 1. The molecule has 16 heavy (non-hydrogen) atoms. The number of aromatic nitrogens is 1. The highest BCUT2D eigenvalue weighted by molar-refractivity contribution is 5.91. The van der Waals surface area contributed by atoms with Gasteiger partial charge in [-0.1, -0.05) is 0 Å². The van der Waals surface area contributed by atoms with Crippen molar-refractivity contribution in [3.05, 3.63) is 23.9 Å². The van der Waals surface area contributed by atoms with Crippen LogP contribution in [0.5, 0.6) is 0 Å². The number of hydrogen-bond donors (Lipinski definition) is 1. The zero-order valence-electron chi connectivity index (χ0n) is 8.64. The molecule has 2 heterocycles. The highest BCUT2D eigenvalue weighted by Gasteiger charge is 2.23. The summed E-state index contributed by atoms with van der Waals surface area (Å²) in [6.45, 7) is 1.11. The summed E-state index contributed by atoms with van der Waals surface area (Å²) in [6.07, 6.45) is 2.18. The molecule has 1 aliphatic heterocycles. The van der Waals surface area contributed by atoms with Crippen molar-refractivity contribution in [2.45, 2.75) is 6.42 Å². The maximum absolute atomic E-state index is 11.7. The average Bonchev–Trinajstić information content (AvgIpc) is 2.83. The molecule has 5 heteroatoms. The van der Waals surface area contributed by atoms with Gasteiger partial charge in [-0.15, -0.1) is 0 Å². The molecule has 0 saturated carbocycles. The number of carbonyl (C=O) groups is 1. The molecular weight excluding hydrogens is 206 g/mol. The summed E-state index contributed by atoms with van der Waals surface area (Å²) in [4.78, 5) is 15.6. The second-order valence-electron chi connectivity index (χ2n) is 3.59. The minimum atomic E-state index is -0.0857. The summed E-state index contributed by atoms with van der Waals surface area (Å²) < 4.78 is 5.13. The molecule has 1 aromatic rings. The van der Waals surface area contributed by atoms with E-state index in [1.54, 1.807) is 12.1 Å². The SMILES string of the molecule is N#Cc1ccc(NC(=O)C2CCOC2)nc1. The van der Waals surface area contributed by atoms with Crippen molar-refractivity contribution in [2.24, 2.45) is 5.92 Å². The quantitative estimate of drug-likeness (QED) is 0.799. The van der Waals surface area contributed by atoms with E-state index in [0.717, 1.165) is 6.42 Å². The van der Waals surface area contributed by atoms with Gasteiger partial charge in [0.15, 0.2) is 0 Å². The third-order valence-corrected chi connectivity index (χ3v) is 2.44. The zero-order chi connectivity index (χ0) is 11.4. The topological polar surface area (TPSA) is 75.0 Å². The van der Waals surface area contributed by atoms with E-state index in [-0.39, 0.29) is 11.8 Å². The van der Waals surface area contributed by atoms with Crippen molar-refractivity contribution in [3.8, 4) is 6.07 Å². The summed E-state index contributed by atoms with van der Waals surface area (Å²) >= 11 is 0. The fraction of sp³-hybridized carbons (Fsp3) is 0.364. The predicted molar refractivity (Wildman–Crippen MR) is 56.5 cm³/mol. The van der Waals surface area contributed by atoms with Gasteiger partial charge in [0.2, 0.25) is 5.91 Å². The molecule has 82 valence electrons. The molecule has 0 radical (unpaired) electrons. The lowest BCUT2D eigenvalue weighted by molar-refractivity contribution is -0.119. The molecule has 1 N–H and O–H groups in total. The van der Waals surface area contributed by atoms with Crippen LogP contribution in [0.1, 0.15) is 12.0 Å². The normalized spacial score (nSPS) is 19.1. The predicted octanol–water partition coefficient (Wildman–Crippen LogP) is 0.928. The third kappa shape index (κ3) is 2.35. The molecule has 1 atom stereocenters. The Kier molecular flexibility index (Phi) is 3.13. The van der Waals surface area contributed by atoms with Crippen LogP contribution >= 0.6 is 0 Å². The largest absolute Gasteiger partial charge is 0.381 e. The highest BCUT2D eigenvalue weighted by atomic mass is 16.5. The van der Waals surface area contributed by atoms with Crippen LogP contribution in [0.3, 0.4) is 0 Å². The van der Waals surface area contributed by atoms with Crippen molar-refractivity contribution in [1.82, 2.24) is 4.98 Å². The maximum atomic E-state index is 11.7. The van der Waals surface area contributed by atoms with E-state index in [9.17, 15) is 4.79 Å². The fourth-order valence-corrected chi connectivity index (χ4v) is 1.50. The molecule has 0 aromatic carbocycles. The molecule has 0 spiro atoms. The molecular formula is C11H11N3O2. The average molecular weight is 217 g/mol. The summed E-state index contributed by atoms with van der Waals surface area (Å²) in [5, 5.41) is 11.3. The number of amides is 1. The van der Waals surface area contributed by atoms with Crippen LogP contribution in [0.25, 0.3) is 0 Å². The van der Waals surface area contributed by atoms with Gasteiger partial charge in [-0.25, -0.2) is 4.98 Å². The van der Waals surface area contributed by atoms with Gasteiger partial charge < -0.3 is 10.1 Å². The smallest absolute Gasteiger partial charge is 0.231 e. The van der Waals surface area contributed by atoms with Crippen molar-refractivity contribution in [3.63, 3.8) is 0 Å². The highest BCUT2D eigenvalue weighted by Crippen LogP contribution is 2.14. The first-order valence-electron chi connectivity index (χ1n) is 5.04. The van der Waals surface area contributed by atoms with Gasteiger partial charge in [-0.2, -0.15) is 5.26 Å². The lowest BCUT2D eigenvalue weighted by atomic mass is 10.1. The summed E-state index contributed by atoms with van der Waals surface area (Å²) in [5.41, 5.74) is 0.474. The lowest BCUT2D eigenvalue weighted by Gasteiger charge is -2.07. The Labute approximate surface area is 93.1 Å². The Morgan fingerprint density at radius 2 is 2.50 bits per heavy atom. The van der Waals surface area contributed by atoms with Crippen LogP contribution < -0.4 is 5.32 Å². The minimum absolute atomic E-state index is 0.0743. The first kappa shape index (κ1) is 10.6. The summed E-state index contributed by atoms with van der Waals surface area (Å²) in [5.74, 6) is 0.308. The van der Waals surface area contributed by atoms with Gasteiger partial charge in [-0.05, 0) is 18.6 Å². The first-order valence-corrected chi connectivity index (χ1v) is 5.04. The number of nitriles is 1. The number of pyridine rings is 1. The second kappa shape index (κ2) is 4.73. The minimum Gasteiger partial charge on any atom is -0.381 e. The Morgan fingerprint density at radius 1 is 1.62 bits per heavy atom. The molecule has 2 rings (SSSR count). The van der Waals surface area contributed by atoms with Crippen LogP contribution in [0.2, 0.25) is 0 Å². The summed E-state index contributed by atoms with van der Waals surface area (Å²) in [7, 11) is 0. The van der Waals surface area contributed by atoms with Gasteiger partial charge in [-0.3, -0.25) is 4.79 Å². The fourth-order valence-electron chi connectivity index (χ4n) is 1.50. The van der Waals surface area contributed by atoms with Crippen LogP contribution in [-0.2, 0) is 9.53 Å². The first-order chi connectivity index (χ1) is 7.79. The van der Waals surface area contributed by atoms with Gasteiger partial charge in [0.25, 0.3) is 0 Å². The number of carbonyl (C=O) groups excluding carboxylic acids is 1.